The van der Waals surface area contributed by atoms with Crippen LogP contribution in [0.2, 0.25) is 0 Å². The molecule has 2 N–H and O–H groups in total. The Morgan fingerprint density at radius 1 is 1.17 bits per heavy atom. The summed E-state index contributed by atoms with van der Waals surface area (Å²) in [5.74, 6) is 6.46. The fourth-order valence-electron chi connectivity index (χ4n) is 2.99. The molecule has 1 aliphatic rings. The van der Waals surface area contributed by atoms with Gasteiger partial charge >= 0.3 is 0 Å². The first-order chi connectivity index (χ1) is 11.6. The highest BCUT2D eigenvalue weighted by Gasteiger charge is 2.08. The van der Waals surface area contributed by atoms with Gasteiger partial charge in [-0.15, -0.1) is 0 Å². The highest BCUT2D eigenvalue weighted by Crippen LogP contribution is 2.22. The Morgan fingerprint density at radius 2 is 1.88 bits per heavy atom. The Morgan fingerprint density at radius 3 is 2.62 bits per heavy atom. The van der Waals surface area contributed by atoms with E-state index in [2.05, 4.69) is 52.8 Å². The van der Waals surface area contributed by atoms with Crippen molar-refractivity contribution in [2.24, 2.45) is 0 Å². The topological polar surface area (TPSA) is 41.1 Å². The number of hydrogen-bond donors (Lipinski definition) is 2. The van der Waals surface area contributed by atoms with Gasteiger partial charge in [-0.2, -0.15) is 0 Å². The highest BCUT2D eigenvalue weighted by atomic mass is 16.1. The quantitative estimate of drug-likeness (QED) is 0.854. The number of amides is 1. The molecular formula is C21H22N2O. The molecule has 0 spiro atoms. The van der Waals surface area contributed by atoms with Crippen LogP contribution in [0, 0.1) is 11.8 Å². The number of nitrogens with one attached hydrogen (secondary N) is 2. The molecule has 0 aromatic heterocycles. The van der Waals surface area contributed by atoms with Crippen molar-refractivity contribution in [3.05, 3.63) is 64.7 Å². The maximum Gasteiger partial charge on any atom is 0.217 e. The summed E-state index contributed by atoms with van der Waals surface area (Å²) in [5.41, 5.74) is 5.82. The van der Waals surface area contributed by atoms with Gasteiger partial charge < -0.3 is 10.6 Å². The van der Waals surface area contributed by atoms with Gasteiger partial charge in [-0.05, 0) is 55.2 Å². The van der Waals surface area contributed by atoms with Gasteiger partial charge in [0.05, 0.1) is 0 Å². The van der Waals surface area contributed by atoms with Gasteiger partial charge in [0.15, 0.2) is 0 Å². The molecule has 3 nitrogen and oxygen atoms in total. The molecule has 0 bridgehead atoms. The molecule has 1 aliphatic heterocycles. The summed E-state index contributed by atoms with van der Waals surface area (Å²) in [4.78, 5) is 11.1. The molecule has 1 amide bonds. The van der Waals surface area contributed by atoms with Gasteiger partial charge in [0.25, 0.3) is 0 Å². The highest BCUT2D eigenvalue weighted by molar-refractivity contribution is 5.73. The predicted molar refractivity (Wildman–Crippen MR) is 98.0 cm³/mol. The van der Waals surface area contributed by atoms with Crippen LogP contribution >= 0.6 is 0 Å². The smallest absolute Gasteiger partial charge is 0.217 e. The third-order valence-electron chi connectivity index (χ3n) is 4.12. The molecule has 0 saturated heterocycles. The zero-order valence-electron chi connectivity index (χ0n) is 14.1. The molecule has 122 valence electrons. The van der Waals surface area contributed by atoms with Crippen LogP contribution in [0.3, 0.4) is 0 Å². The lowest BCUT2D eigenvalue weighted by molar-refractivity contribution is -0.119. The zero-order chi connectivity index (χ0) is 16.9. The van der Waals surface area contributed by atoms with Crippen LogP contribution in [0.5, 0.6) is 0 Å². The molecule has 0 saturated carbocycles. The number of fused-ring (bicyclic) bond motifs is 1. The van der Waals surface area contributed by atoms with Gasteiger partial charge in [0, 0.05) is 36.3 Å². The lowest BCUT2D eigenvalue weighted by Gasteiger charge is -2.12. The summed E-state index contributed by atoms with van der Waals surface area (Å²) in [5, 5.41) is 6.28. The Hall–Kier alpha value is -2.73. The van der Waals surface area contributed by atoms with Gasteiger partial charge in [-0.3, -0.25) is 4.79 Å². The molecule has 0 fully saturated rings. The summed E-state index contributed by atoms with van der Waals surface area (Å²) in [6, 6.07) is 14.7. The number of hydrogen-bond acceptors (Lipinski definition) is 2. The van der Waals surface area contributed by atoms with Crippen LogP contribution < -0.4 is 10.6 Å². The number of carbonyl (C=O) groups is 1. The Bertz CT molecular complexity index is 797. The molecule has 3 rings (SSSR count). The normalized spacial score (nSPS) is 13.2. The van der Waals surface area contributed by atoms with E-state index in [-0.39, 0.29) is 11.9 Å². The van der Waals surface area contributed by atoms with Crippen LogP contribution in [-0.4, -0.2) is 18.5 Å². The van der Waals surface area contributed by atoms with Crippen LogP contribution in [0.1, 0.15) is 36.1 Å². The number of carbonyl (C=O) groups excluding carboxylic acids is 1. The predicted octanol–water partition coefficient (Wildman–Crippen LogP) is 3.12. The molecule has 3 heteroatoms. The second-order valence-electron chi connectivity index (χ2n) is 6.30. The molecule has 1 atom stereocenters. The average molecular weight is 318 g/mol. The fourth-order valence-corrected chi connectivity index (χ4v) is 2.99. The summed E-state index contributed by atoms with van der Waals surface area (Å²) in [6.07, 6.45) is 1.92. The van der Waals surface area contributed by atoms with Gasteiger partial charge in [0.2, 0.25) is 5.91 Å². The molecule has 1 unspecified atom stereocenters. The van der Waals surface area contributed by atoms with E-state index in [4.69, 9.17) is 0 Å². The van der Waals surface area contributed by atoms with E-state index in [1.807, 2.05) is 19.1 Å². The molecule has 0 aliphatic carbocycles. The van der Waals surface area contributed by atoms with Crippen molar-refractivity contribution in [2.75, 3.05) is 11.9 Å². The number of rotatable bonds is 3. The van der Waals surface area contributed by atoms with E-state index in [0.717, 1.165) is 30.5 Å². The monoisotopic (exact) mass is 318 g/mol. The van der Waals surface area contributed by atoms with E-state index in [1.165, 1.54) is 16.8 Å². The second kappa shape index (κ2) is 7.23. The number of benzene rings is 2. The van der Waals surface area contributed by atoms with Crippen molar-refractivity contribution in [3.63, 3.8) is 0 Å². The molecule has 2 aromatic carbocycles. The van der Waals surface area contributed by atoms with Crippen molar-refractivity contribution in [2.45, 2.75) is 32.7 Å². The minimum atomic E-state index is 0.00817. The first-order valence-corrected chi connectivity index (χ1v) is 8.35. The molecule has 0 radical (unpaired) electrons. The van der Waals surface area contributed by atoms with Crippen LogP contribution in [0.15, 0.2) is 42.5 Å². The maximum atomic E-state index is 11.1. The standard InChI is InChI=1S/C21H22N2O/c1-15(23-16(2)24)13-18-6-3-17(4-7-18)5-8-19-9-10-20-11-12-22-21(20)14-19/h3-4,6-7,9-10,14-15,22H,11-13H2,1-2H3,(H,23,24). The summed E-state index contributed by atoms with van der Waals surface area (Å²) < 4.78 is 0. The molecule has 2 aromatic rings. The van der Waals surface area contributed by atoms with E-state index < -0.39 is 0 Å². The van der Waals surface area contributed by atoms with Crippen LogP contribution in [-0.2, 0) is 17.6 Å². The van der Waals surface area contributed by atoms with E-state index in [1.54, 1.807) is 6.92 Å². The van der Waals surface area contributed by atoms with E-state index in [0.29, 0.717) is 0 Å². The lowest BCUT2D eigenvalue weighted by atomic mass is 10.0. The first-order valence-electron chi connectivity index (χ1n) is 8.35. The van der Waals surface area contributed by atoms with Gasteiger partial charge in [-0.25, -0.2) is 0 Å². The van der Waals surface area contributed by atoms with Crippen molar-refractivity contribution >= 4 is 11.6 Å². The Labute approximate surface area is 143 Å². The average Bonchev–Trinajstić information content (AvgIpc) is 3.01. The lowest BCUT2D eigenvalue weighted by Crippen LogP contribution is -2.31. The third-order valence-corrected chi connectivity index (χ3v) is 4.12. The van der Waals surface area contributed by atoms with E-state index >= 15 is 0 Å². The third kappa shape index (κ3) is 4.17. The first kappa shape index (κ1) is 16.1. The summed E-state index contributed by atoms with van der Waals surface area (Å²) >= 11 is 0. The SMILES string of the molecule is CC(=O)NC(C)Cc1ccc(C#Cc2ccc3c(c2)NCC3)cc1. The number of anilines is 1. The van der Waals surface area contributed by atoms with E-state index in [9.17, 15) is 4.79 Å². The summed E-state index contributed by atoms with van der Waals surface area (Å²) in [7, 11) is 0. The van der Waals surface area contributed by atoms with Crippen molar-refractivity contribution in [1.29, 1.82) is 0 Å². The zero-order valence-corrected chi connectivity index (χ0v) is 14.1. The minimum Gasteiger partial charge on any atom is -0.384 e. The van der Waals surface area contributed by atoms with Gasteiger partial charge in [0.1, 0.15) is 0 Å². The molecular weight excluding hydrogens is 296 g/mol. The second-order valence-corrected chi connectivity index (χ2v) is 6.30. The van der Waals surface area contributed by atoms with Crippen molar-refractivity contribution in [3.8, 4) is 11.8 Å². The van der Waals surface area contributed by atoms with Crippen LogP contribution in [0.4, 0.5) is 5.69 Å². The van der Waals surface area contributed by atoms with Crippen molar-refractivity contribution < 1.29 is 4.79 Å². The molecule has 24 heavy (non-hydrogen) atoms. The van der Waals surface area contributed by atoms with Crippen LogP contribution in [0.25, 0.3) is 0 Å². The Balaban J connectivity index is 1.65. The minimum absolute atomic E-state index is 0.00817. The maximum absolute atomic E-state index is 11.1. The largest absolute Gasteiger partial charge is 0.384 e. The molecule has 1 heterocycles. The Kier molecular flexibility index (Phi) is 4.86. The summed E-state index contributed by atoms with van der Waals surface area (Å²) in [6.45, 7) is 4.57. The van der Waals surface area contributed by atoms with Crippen molar-refractivity contribution in [1.82, 2.24) is 5.32 Å². The van der Waals surface area contributed by atoms with Gasteiger partial charge in [-0.1, -0.05) is 30.0 Å². The fraction of sp³-hybridized carbons (Fsp3) is 0.286.